The lowest BCUT2D eigenvalue weighted by atomic mass is 9.70. The van der Waals surface area contributed by atoms with Crippen molar-refractivity contribution in [2.24, 2.45) is 7.05 Å². The molecule has 0 atom stereocenters. The maximum atomic E-state index is 13.0. The number of benzene rings is 1. The number of thiazole rings is 1. The van der Waals surface area contributed by atoms with Gasteiger partial charge in [0.15, 0.2) is 0 Å². The van der Waals surface area contributed by atoms with E-state index >= 15 is 0 Å². The molecule has 0 aliphatic carbocycles. The molecule has 0 bridgehead atoms. The Balaban J connectivity index is 1.63. The molecule has 1 aliphatic heterocycles. The van der Waals surface area contributed by atoms with Crippen molar-refractivity contribution in [3.8, 4) is 0 Å². The molecule has 27 heavy (non-hydrogen) atoms. The van der Waals surface area contributed by atoms with E-state index < -0.39 is 0 Å². The molecule has 0 N–H and O–H groups in total. The molecule has 3 heterocycles. The summed E-state index contributed by atoms with van der Waals surface area (Å²) in [5.74, 6) is -0.0591. The van der Waals surface area contributed by atoms with Gasteiger partial charge in [-0.1, -0.05) is 41.9 Å². The number of rotatable bonds is 3. The molecular weight excluding hydrogens is 380 g/mol. The molecule has 1 fully saturated rings. The third-order valence-corrected chi connectivity index (χ3v) is 6.49. The molecule has 0 unspecified atom stereocenters. The highest BCUT2D eigenvalue weighted by molar-refractivity contribution is 7.09. The third kappa shape index (κ3) is 3.17. The second-order valence-electron chi connectivity index (χ2n) is 6.96. The van der Waals surface area contributed by atoms with Gasteiger partial charge in [-0.2, -0.15) is 5.10 Å². The Kier molecular flexibility index (Phi) is 4.78. The monoisotopic (exact) mass is 400 g/mol. The van der Waals surface area contributed by atoms with Gasteiger partial charge >= 0.3 is 0 Å². The van der Waals surface area contributed by atoms with Crippen LogP contribution in [-0.4, -0.2) is 38.7 Å². The van der Waals surface area contributed by atoms with Gasteiger partial charge in [0, 0.05) is 30.9 Å². The van der Waals surface area contributed by atoms with Crippen LogP contribution < -0.4 is 0 Å². The maximum absolute atomic E-state index is 13.0. The summed E-state index contributed by atoms with van der Waals surface area (Å²) in [4.78, 5) is 19.6. The Morgan fingerprint density at radius 2 is 1.93 bits per heavy atom. The van der Waals surface area contributed by atoms with E-state index in [2.05, 4.69) is 34.7 Å². The molecule has 1 amide bonds. The Morgan fingerprint density at radius 1 is 1.22 bits per heavy atom. The van der Waals surface area contributed by atoms with Crippen LogP contribution in [-0.2, 0) is 12.5 Å². The topological polar surface area (TPSA) is 51.0 Å². The summed E-state index contributed by atoms with van der Waals surface area (Å²) >= 11 is 7.85. The van der Waals surface area contributed by atoms with Crippen molar-refractivity contribution in [1.82, 2.24) is 19.7 Å². The van der Waals surface area contributed by atoms with Crippen molar-refractivity contribution in [2.45, 2.75) is 25.2 Å². The lowest BCUT2D eigenvalue weighted by molar-refractivity contribution is 0.0673. The number of amides is 1. The molecule has 0 spiro atoms. The zero-order chi connectivity index (χ0) is 19.0. The van der Waals surface area contributed by atoms with Gasteiger partial charge in [-0.3, -0.25) is 9.48 Å². The largest absolute Gasteiger partial charge is 0.337 e. The number of hydrogen-bond donors (Lipinski definition) is 0. The van der Waals surface area contributed by atoms with E-state index in [4.69, 9.17) is 16.6 Å². The zero-order valence-corrected chi connectivity index (χ0v) is 16.9. The number of carbonyl (C=O) groups is 1. The fourth-order valence-corrected chi connectivity index (χ4v) is 4.88. The average molecular weight is 401 g/mol. The van der Waals surface area contributed by atoms with Gasteiger partial charge in [0.1, 0.15) is 5.69 Å². The van der Waals surface area contributed by atoms with Crippen LogP contribution in [0.5, 0.6) is 0 Å². The number of piperidine rings is 1. The first kappa shape index (κ1) is 18.2. The van der Waals surface area contributed by atoms with E-state index in [1.54, 1.807) is 23.1 Å². The van der Waals surface area contributed by atoms with E-state index in [0.717, 1.165) is 23.5 Å². The van der Waals surface area contributed by atoms with Gasteiger partial charge in [-0.25, -0.2) is 4.98 Å². The molecule has 3 aromatic rings. The number of hydrogen-bond acceptors (Lipinski definition) is 4. The van der Waals surface area contributed by atoms with Crippen molar-refractivity contribution in [2.75, 3.05) is 13.1 Å². The van der Waals surface area contributed by atoms with E-state index in [-0.39, 0.29) is 11.3 Å². The maximum Gasteiger partial charge on any atom is 0.273 e. The number of likely N-dealkylation sites (tertiary alicyclic amines) is 1. The first-order valence-corrected chi connectivity index (χ1v) is 10.2. The normalized spacial score (nSPS) is 16.5. The summed E-state index contributed by atoms with van der Waals surface area (Å²) in [6.45, 7) is 3.35. The van der Waals surface area contributed by atoms with Crippen LogP contribution >= 0.6 is 22.9 Å². The van der Waals surface area contributed by atoms with Gasteiger partial charge < -0.3 is 4.90 Å². The van der Waals surface area contributed by atoms with Gasteiger partial charge in [0.2, 0.25) is 0 Å². The molecule has 2 aromatic heterocycles. The molecular formula is C20H21ClN4OS. The van der Waals surface area contributed by atoms with E-state index in [1.807, 2.05) is 17.9 Å². The lowest BCUT2D eigenvalue weighted by Crippen LogP contribution is -2.46. The predicted octanol–water partition coefficient (Wildman–Crippen LogP) is 4.06. The summed E-state index contributed by atoms with van der Waals surface area (Å²) in [6.07, 6.45) is 3.19. The van der Waals surface area contributed by atoms with Crippen molar-refractivity contribution < 1.29 is 4.79 Å². The summed E-state index contributed by atoms with van der Waals surface area (Å²) in [7, 11) is 1.75. The SMILES string of the molecule is Cc1nc(C2(c3ccccc3)CCN(C(=O)c3c(Cl)cnn3C)CC2)cs1. The van der Waals surface area contributed by atoms with Crippen LogP contribution in [0.4, 0.5) is 0 Å². The van der Waals surface area contributed by atoms with Crippen LogP contribution in [0.15, 0.2) is 41.9 Å². The molecule has 0 saturated carbocycles. The van der Waals surface area contributed by atoms with Gasteiger partial charge in [-0.15, -0.1) is 11.3 Å². The summed E-state index contributed by atoms with van der Waals surface area (Å²) in [5.41, 5.74) is 2.68. The number of aromatic nitrogens is 3. The van der Waals surface area contributed by atoms with E-state index in [0.29, 0.717) is 23.8 Å². The van der Waals surface area contributed by atoms with Gasteiger partial charge in [0.25, 0.3) is 5.91 Å². The average Bonchev–Trinajstić information content (AvgIpc) is 3.27. The molecule has 1 aliphatic rings. The third-order valence-electron chi connectivity index (χ3n) is 5.44. The zero-order valence-electron chi connectivity index (χ0n) is 15.4. The Bertz CT molecular complexity index is 938. The molecule has 5 nitrogen and oxygen atoms in total. The smallest absolute Gasteiger partial charge is 0.273 e. The first-order chi connectivity index (χ1) is 13.0. The first-order valence-electron chi connectivity index (χ1n) is 8.96. The molecule has 140 valence electrons. The minimum Gasteiger partial charge on any atom is -0.337 e. The van der Waals surface area contributed by atoms with E-state index in [9.17, 15) is 4.79 Å². The molecule has 4 rings (SSSR count). The fraction of sp³-hybridized carbons (Fsp3) is 0.350. The van der Waals surface area contributed by atoms with Crippen LogP contribution in [0.2, 0.25) is 5.02 Å². The Labute approximate surface area is 167 Å². The lowest BCUT2D eigenvalue weighted by Gasteiger charge is -2.41. The minimum atomic E-state index is -0.154. The number of halogens is 1. The van der Waals surface area contributed by atoms with Crippen LogP contribution in [0, 0.1) is 6.92 Å². The van der Waals surface area contributed by atoms with Crippen LogP contribution in [0.3, 0.4) is 0 Å². The number of carbonyl (C=O) groups excluding carboxylic acids is 1. The highest BCUT2D eigenvalue weighted by Gasteiger charge is 2.41. The van der Waals surface area contributed by atoms with Crippen LogP contribution in [0.25, 0.3) is 0 Å². The minimum absolute atomic E-state index is 0.0591. The quantitative estimate of drug-likeness (QED) is 0.666. The predicted molar refractivity (Wildman–Crippen MR) is 107 cm³/mol. The highest BCUT2D eigenvalue weighted by Crippen LogP contribution is 2.42. The van der Waals surface area contributed by atoms with E-state index in [1.165, 1.54) is 11.8 Å². The molecule has 0 radical (unpaired) electrons. The molecule has 1 aromatic carbocycles. The molecule has 1 saturated heterocycles. The molecule has 7 heteroatoms. The second-order valence-corrected chi connectivity index (χ2v) is 8.43. The van der Waals surface area contributed by atoms with Crippen molar-refractivity contribution in [3.05, 3.63) is 68.9 Å². The van der Waals surface area contributed by atoms with Gasteiger partial charge in [-0.05, 0) is 25.3 Å². The Hall–Kier alpha value is -2.18. The van der Waals surface area contributed by atoms with Gasteiger partial charge in [0.05, 0.1) is 21.9 Å². The standard InChI is InChI=1S/C20H21ClN4OS/c1-14-23-17(13-27-14)20(15-6-4-3-5-7-15)8-10-25(11-9-20)19(26)18-16(21)12-22-24(18)2/h3-7,12-13H,8-11H2,1-2H3. The highest BCUT2D eigenvalue weighted by atomic mass is 35.5. The summed E-state index contributed by atoms with van der Waals surface area (Å²) in [5, 5.41) is 7.72. The fourth-order valence-electron chi connectivity index (χ4n) is 3.93. The van der Waals surface area contributed by atoms with Crippen LogP contribution in [0.1, 0.15) is 39.6 Å². The summed E-state index contributed by atoms with van der Waals surface area (Å²) < 4.78 is 1.55. The summed E-state index contributed by atoms with van der Waals surface area (Å²) in [6, 6.07) is 10.5. The van der Waals surface area contributed by atoms with Crippen molar-refractivity contribution >= 4 is 28.8 Å². The van der Waals surface area contributed by atoms with Crippen molar-refractivity contribution in [1.29, 1.82) is 0 Å². The van der Waals surface area contributed by atoms with Crippen molar-refractivity contribution in [3.63, 3.8) is 0 Å². The Morgan fingerprint density at radius 3 is 2.48 bits per heavy atom. The number of aryl methyl sites for hydroxylation is 2. The number of nitrogens with zero attached hydrogens (tertiary/aromatic N) is 4. The second kappa shape index (κ2) is 7.09.